The van der Waals surface area contributed by atoms with E-state index in [1.807, 2.05) is 48.5 Å². The van der Waals surface area contributed by atoms with E-state index >= 15 is 0 Å². The molecule has 0 amide bonds. The lowest BCUT2D eigenvalue weighted by Crippen LogP contribution is -2.34. The van der Waals surface area contributed by atoms with Gasteiger partial charge in [0.1, 0.15) is 11.5 Å². The van der Waals surface area contributed by atoms with Crippen molar-refractivity contribution in [2.24, 2.45) is 0 Å². The number of para-hydroxylation sites is 2. The van der Waals surface area contributed by atoms with Crippen LogP contribution in [0.1, 0.15) is 22.3 Å². The average molecular weight is 717 g/mol. The third-order valence-corrected chi connectivity index (χ3v) is 10.9. The molecule has 10 rings (SSSR count). The fourth-order valence-electron chi connectivity index (χ4n) is 8.14. The van der Waals surface area contributed by atoms with Gasteiger partial charge in [-0.1, -0.05) is 200 Å². The van der Waals surface area contributed by atoms with Crippen LogP contribution in [-0.2, 0) is 5.41 Å². The van der Waals surface area contributed by atoms with Crippen LogP contribution in [0.2, 0.25) is 0 Å². The smallest absolute Gasteiger partial charge is 0.160 e. The number of hydrogen-bond acceptors (Lipinski definition) is 3. The van der Waals surface area contributed by atoms with Gasteiger partial charge < -0.3 is 4.74 Å². The Labute approximate surface area is 327 Å². The van der Waals surface area contributed by atoms with Crippen molar-refractivity contribution in [1.82, 2.24) is 9.97 Å². The van der Waals surface area contributed by atoms with Crippen molar-refractivity contribution >= 4 is 0 Å². The second-order valence-electron chi connectivity index (χ2n) is 14.1. The number of aromatic nitrogens is 2. The molecule has 2 heterocycles. The third-order valence-electron chi connectivity index (χ3n) is 10.9. The van der Waals surface area contributed by atoms with Gasteiger partial charge in [-0.3, -0.25) is 0 Å². The summed E-state index contributed by atoms with van der Waals surface area (Å²) in [5.74, 6) is 2.47. The van der Waals surface area contributed by atoms with Gasteiger partial charge >= 0.3 is 0 Å². The van der Waals surface area contributed by atoms with Gasteiger partial charge in [0.15, 0.2) is 5.82 Å². The molecule has 0 aliphatic carbocycles. The summed E-state index contributed by atoms with van der Waals surface area (Å²) in [6, 6.07) is 76.8. The Morgan fingerprint density at radius 2 is 0.661 bits per heavy atom. The van der Waals surface area contributed by atoms with Crippen LogP contribution in [-0.4, -0.2) is 9.97 Å². The molecule has 0 radical (unpaired) electrons. The normalized spacial score (nSPS) is 12.6. The third kappa shape index (κ3) is 5.87. The largest absolute Gasteiger partial charge is 0.457 e. The maximum atomic E-state index is 6.48. The minimum absolute atomic E-state index is 0.529. The van der Waals surface area contributed by atoms with Gasteiger partial charge in [0, 0.05) is 27.8 Å². The molecule has 1 aromatic heterocycles. The molecule has 3 nitrogen and oxygen atoms in total. The maximum Gasteiger partial charge on any atom is 0.160 e. The van der Waals surface area contributed by atoms with E-state index in [2.05, 4.69) is 170 Å². The number of rotatable bonds is 7. The van der Waals surface area contributed by atoms with Crippen LogP contribution in [0.3, 0.4) is 0 Å². The van der Waals surface area contributed by atoms with Crippen molar-refractivity contribution in [2.45, 2.75) is 5.41 Å². The molecule has 0 fully saturated rings. The average Bonchev–Trinajstić information content (AvgIpc) is 3.29. The zero-order chi connectivity index (χ0) is 37.3. The molecular formula is C53H36N2O. The standard InChI is InChI=1S/C53H36N2O/c1-4-14-41(15-5-1)48-36-49(42-16-6-2-7-17-42)55-52(54-48)43-30-28-39(29-31-43)37-24-26-38(27-25-37)40-32-34-45(35-33-40)53(44-18-8-3-9-19-44)46-20-10-12-22-50(46)56-51-23-13-11-21-47(51)53/h1-36H. The Balaban J connectivity index is 0.961. The maximum absolute atomic E-state index is 6.48. The summed E-state index contributed by atoms with van der Waals surface area (Å²) >= 11 is 0. The number of fused-ring (bicyclic) bond motifs is 2. The summed E-state index contributed by atoms with van der Waals surface area (Å²) in [6.07, 6.45) is 0. The van der Waals surface area contributed by atoms with Crippen molar-refractivity contribution < 1.29 is 4.74 Å². The van der Waals surface area contributed by atoms with Crippen LogP contribution in [0, 0.1) is 0 Å². The van der Waals surface area contributed by atoms with Gasteiger partial charge in [-0.15, -0.1) is 0 Å². The molecule has 0 saturated heterocycles. The van der Waals surface area contributed by atoms with Gasteiger partial charge in [-0.05, 0) is 51.6 Å². The molecule has 264 valence electrons. The summed E-state index contributed by atoms with van der Waals surface area (Å²) in [5, 5.41) is 0. The first-order chi connectivity index (χ1) is 27.7. The SMILES string of the molecule is c1ccc(-c2cc(-c3ccccc3)nc(-c3ccc(-c4ccc(-c5ccc(C6(c7ccccc7)c7ccccc7Oc7ccccc76)cc5)cc4)cc3)n2)cc1. The van der Waals surface area contributed by atoms with E-state index in [4.69, 9.17) is 14.7 Å². The minimum Gasteiger partial charge on any atom is -0.457 e. The first-order valence-electron chi connectivity index (χ1n) is 19.0. The van der Waals surface area contributed by atoms with E-state index < -0.39 is 5.41 Å². The lowest BCUT2D eigenvalue weighted by atomic mass is 9.63. The fraction of sp³-hybridized carbons (Fsp3) is 0.0189. The van der Waals surface area contributed by atoms with Crippen LogP contribution >= 0.6 is 0 Å². The molecule has 1 aliphatic rings. The lowest BCUT2D eigenvalue weighted by Gasteiger charge is -2.41. The van der Waals surface area contributed by atoms with Gasteiger partial charge in [0.2, 0.25) is 0 Å². The Hall–Kier alpha value is -7.36. The molecule has 0 atom stereocenters. The Kier molecular flexibility index (Phi) is 8.38. The van der Waals surface area contributed by atoms with Gasteiger partial charge in [-0.25, -0.2) is 9.97 Å². The monoisotopic (exact) mass is 716 g/mol. The molecular weight excluding hydrogens is 681 g/mol. The number of nitrogens with zero attached hydrogens (tertiary/aromatic N) is 2. The van der Waals surface area contributed by atoms with Crippen LogP contribution in [0.25, 0.3) is 56.2 Å². The molecule has 8 aromatic carbocycles. The first-order valence-corrected chi connectivity index (χ1v) is 19.0. The Morgan fingerprint density at radius 3 is 1.12 bits per heavy atom. The summed E-state index contributed by atoms with van der Waals surface area (Å²) in [5.41, 5.74) is 13.7. The number of ether oxygens (including phenoxy) is 1. The first kappa shape index (κ1) is 33.2. The van der Waals surface area contributed by atoms with Gasteiger partial charge in [0.05, 0.1) is 16.8 Å². The molecule has 1 aliphatic heterocycles. The second kappa shape index (κ2) is 14.1. The van der Waals surface area contributed by atoms with E-state index in [0.29, 0.717) is 5.82 Å². The van der Waals surface area contributed by atoms with Crippen molar-refractivity contribution in [1.29, 1.82) is 0 Å². The zero-order valence-electron chi connectivity index (χ0n) is 30.6. The molecule has 0 spiro atoms. The molecule has 9 aromatic rings. The summed E-state index contributed by atoms with van der Waals surface area (Å²) in [4.78, 5) is 10.0. The molecule has 0 saturated carbocycles. The topological polar surface area (TPSA) is 35.0 Å². The van der Waals surface area contributed by atoms with E-state index in [9.17, 15) is 0 Å². The van der Waals surface area contributed by atoms with E-state index in [0.717, 1.165) is 73.0 Å². The van der Waals surface area contributed by atoms with Crippen LogP contribution in [0.4, 0.5) is 0 Å². The van der Waals surface area contributed by atoms with Crippen LogP contribution in [0.15, 0.2) is 218 Å². The molecule has 56 heavy (non-hydrogen) atoms. The highest BCUT2D eigenvalue weighted by molar-refractivity contribution is 5.76. The Morgan fingerprint density at radius 1 is 0.304 bits per heavy atom. The van der Waals surface area contributed by atoms with Gasteiger partial charge in [0.25, 0.3) is 0 Å². The predicted molar refractivity (Wildman–Crippen MR) is 228 cm³/mol. The predicted octanol–water partition coefficient (Wildman–Crippen LogP) is 13.3. The molecule has 3 heteroatoms. The number of hydrogen-bond donors (Lipinski definition) is 0. The van der Waals surface area contributed by atoms with Crippen molar-refractivity contribution in [3.05, 3.63) is 241 Å². The van der Waals surface area contributed by atoms with E-state index in [-0.39, 0.29) is 0 Å². The highest BCUT2D eigenvalue weighted by Gasteiger charge is 2.45. The van der Waals surface area contributed by atoms with Crippen LogP contribution in [0.5, 0.6) is 11.5 Å². The Bertz CT molecular complexity index is 2680. The summed E-state index contributed by atoms with van der Waals surface area (Å²) in [7, 11) is 0. The quantitative estimate of drug-likeness (QED) is 0.165. The highest BCUT2D eigenvalue weighted by Crippen LogP contribution is 2.55. The second-order valence-corrected chi connectivity index (χ2v) is 14.1. The fourth-order valence-corrected chi connectivity index (χ4v) is 8.14. The molecule has 0 N–H and O–H groups in total. The number of benzene rings is 8. The molecule has 0 unspecified atom stereocenters. The molecule has 0 bridgehead atoms. The van der Waals surface area contributed by atoms with Crippen LogP contribution < -0.4 is 4.74 Å². The van der Waals surface area contributed by atoms with Crippen molar-refractivity contribution in [2.75, 3.05) is 0 Å². The van der Waals surface area contributed by atoms with E-state index in [1.165, 1.54) is 11.1 Å². The van der Waals surface area contributed by atoms with E-state index in [1.54, 1.807) is 0 Å². The summed E-state index contributed by atoms with van der Waals surface area (Å²) < 4.78 is 6.48. The highest BCUT2D eigenvalue weighted by atomic mass is 16.5. The van der Waals surface area contributed by atoms with Crippen molar-refractivity contribution in [3.63, 3.8) is 0 Å². The summed E-state index contributed by atoms with van der Waals surface area (Å²) in [6.45, 7) is 0. The lowest BCUT2D eigenvalue weighted by molar-refractivity contribution is 0.434. The van der Waals surface area contributed by atoms with Crippen molar-refractivity contribution in [3.8, 4) is 67.7 Å². The minimum atomic E-state index is -0.529. The zero-order valence-corrected chi connectivity index (χ0v) is 30.6. The van der Waals surface area contributed by atoms with Gasteiger partial charge in [-0.2, -0.15) is 0 Å².